The van der Waals surface area contributed by atoms with Crippen LogP contribution in [0.5, 0.6) is 0 Å². The molecule has 0 aromatic heterocycles. The molecular formula is C12H28OSi2. The minimum atomic E-state index is -0.0243. The van der Waals surface area contributed by atoms with Gasteiger partial charge in [-0.05, 0) is 11.8 Å². The average molecular weight is 245 g/mol. The van der Waals surface area contributed by atoms with Crippen LogP contribution in [-0.4, -0.2) is 19.5 Å². The lowest BCUT2D eigenvalue weighted by Crippen LogP contribution is -2.06. The van der Waals surface area contributed by atoms with Crippen LogP contribution in [0.25, 0.3) is 0 Å². The van der Waals surface area contributed by atoms with Gasteiger partial charge < -0.3 is 4.12 Å². The van der Waals surface area contributed by atoms with E-state index in [1.54, 1.807) is 25.7 Å². The van der Waals surface area contributed by atoms with E-state index < -0.39 is 0 Å². The zero-order chi connectivity index (χ0) is 10.9. The van der Waals surface area contributed by atoms with Crippen LogP contribution in [0.1, 0.15) is 51.4 Å². The molecule has 0 saturated heterocycles. The Hall–Kier alpha value is 0.394. The summed E-state index contributed by atoms with van der Waals surface area (Å²) in [5.41, 5.74) is 0. The average Bonchev–Trinajstić information content (AvgIpc) is 2.93. The topological polar surface area (TPSA) is 9.23 Å². The fourth-order valence-electron chi connectivity index (χ4n) is 3.06. The van der Waals surface area contributed by atoms with Gasteiger partial charge in [-0.1, -0.05) is 64.5 Å². The molecule has 0 unspecified atom stereocenters. The molecule has 3 heteroatoms. The van der Waals surface area contributed by atoms with Crippen LogP contribution in [-0.2, 0) is 4.12 Å². The van der Waals surface area contributed by atoms with Gasteiger partial charge in [0.05, 0.1) is 0 Å². The maximum atomic E-state index is 5.11. The van der Waals surface area contributed by atoms with Crippen molar-refractivity contribution in [2.75, 3.05) is 0 Å². The predicted molar refractivity (Wildman–Crippen MR) is 73.8 cm³/mol. The van der Waals surface area contributed by atoms with Crippen molar-refractivity contribution in [2.45, 2.75) is 64.5 Å². The largest absolute Gasteiger partial charge is 0.466 e. The fraction of sp³-hybridized carbons (Fsp3) is 1.00. The maximum absolute atomic E-state index is 5.11. The molecule has 0 aliphatic heterocycles. The van der Waals surface area contributed by atoms with Crippen LogP contribution in [0.3, 0.4) is 0 Å². The van der Waals surface area contributed by atoms with Crippen LogP contribution in [0.2, 0.25) is 13.1 Å². The molecule has 0 N–H and O–H groups in total. The van der Waals surface area contributed by atoms with Crippen molar-refractivity contribution in [1.82, 2.24) is 0 Å². The van der Waals surface area contributed by atoms with Crippen molar-refractivity contribution in [3.63, 3.8) is 0 Å². The van der Waals surface area contributed by atoms with Gasteiger partial charge in [-0.3, -0.25) is 0 Å². The van der Waals surface area contributed by atoms with Gasteiger partial charge >= 0.3 is 0 Å². The summed E-state index contributed by atoms with van der Waals surface area (Å²) in [4.78, 5) is 0. The summed E-state index contributed by atoms with van der Waals surface area (Å²) in [7, 11) is -0.0486. The highest BCUT2D eigenvalue weighted by Crippen LogP contribution is 2.39. The Morgan fingerprint density at radius 2 is 1.07 bits per heavy atom. The SMILES string of the molecule is C1CCC(C2CCCC2)C1.C[SiH2]O[SiH2]C. The molecule has 15 heavy (non-hydrogen) atoms. The second kappa shape index (κ2) is 8.53. The number of rotatable bonds is 3. The quantitative estimate of drug-likeness (QED) is 0.694. The predicted octanol–water partition coefficient (Wildman–Crippen LogP) is 2.63. The first-order valence-corrected chi connectivity index (χ1v) is 10.9. The molecular weight excluding hydrogens is 216 g/mol. The van der Waals surface area contributed by atoms with Crippen LogP contribution >= 0.6 is 0 Å². The Bertz CT molecular complexity index is 125. The highest BCUT2D eigenvalue weighted by molar-refractivity contribution is 6.40. The maximum Gasteiger partial charge on any atom is 0.142 e. The van der Waals surface area contributed by atoms with E-state index in [1.807, 2.05) is 0 Å². The van der Waals surface area contributed by atoms with E-state index in [1.165, 1.54) is 25.7 Å². The Labute approximate surface area is 100 Å². The molecule has 0 radical (unpaired) electrons. The highest BCUT2D eigenvalue weighted by atomic mass is 28.3. The third kappa shape index (κ3) is 5.32. The third-order valence-electron chi connectivity index (χ3n) is 3.87. The van der Waals surface area contributed by atoms with Gasteiger partial charge in [0.25, 0.3) is 0 Å². The Morgan fingerprint density at radius 3 is 1.27 bits per heavy atom. The zero-order valence-electron chi connectivity index (χ0n) is 10.6. The standard InChI is InChI=1S/C10H18.C2H10OSi2/c1-2-6-9(5-1)10-7-3-4-8-10;1-4-3-5-2/h9-10H,1-8H2;4-5H2,1-2H3. The molecule has 0 amide bonds. The molecule has 2 aliphatic carbocycles. The summed E-state index contributed by atoms with van der Waals surface area (Å²) in [6.45, 7) is 4.33. The van der Waals surface area contributed by atoms with E-state index in [-0.39, 0.29) is 19.5 Å². The first kappa shape index (κ1) is 13.5. The minimum Gasteiger partial charge on any atom is -0.466 e. The molecule has 1 nitrogen and oxygen atoms in total. The summed E-state index contributed by atoms with van der Waals surface area (Å²) in [6.07, 6.45) is 12.4. The van der Waals surface area contributed by atoms with E-state index in [4.69, 9.17) is 4.12 Å². The van der Waals surface area contributed by atoms with Gasteiger partial charge in [-0.15, -0.1) is 0 Å². The number of hydrogen-bond acceptors (Lipinski definition) is 1. The lowest BCUT2D eigenvalue weighted by atomic mass is 9.90. The minimum absolute atomic E-state index is 0.0243. The molecule has 0 aromatic rings. The highest BCUT2D eigenvalue weighted by Gasteiger charge is 2.26. The molecule has 90 valence electrons. The van der Waals surface area contributed by atoms with Crippen LogP contribution < -0.4 is 0 Å². The summed E-state index contributed by atoms with van der Waals surface area (Å²) in [5.74, 6) is 2.31. The molecule has 2 aliphatic rings. The van der Waals surface area contributed by atoms with Gasteiger partial charge in [0.1, 0.15) is 19.5 Å². The monoisotopic (exact) mass is 244 g/mol. The van der Waals surface area contributed by atoms with Crippen molar-refractivity contribution >= 4 is 19.5 Å². The molecule has 0 atom stereocenters. The van der Waals surface area contributed by atoms with Crippen molar-refractivity contribution in [2.24, 2.45) is 11.8 Å². The van der Waals surface area contributed by atoms with Gasteiger partial charge in [0, 0.05) is 0 Å². The van der Waals surface area contributed by atoms with E-state index in [0.717, 1.165) is 11.8 Å². The number of hydrogen-bond donors (Lipinski definition) is 0. The molecule has 0 spiro atoms. The first-order chi connectivity index (χ1) is 7.38. The second-order valence-corrected chi connectivity index (χ2v) is 7.66. The van der Waals surface area contributed by atoms with Gasteiger partial charge in [0.15, 0.2) is 0 Å². The smallest absolute Gasteiger partial charge is 0.142 e. The van der Waals surface area contributed by atoms with E-state index in [0.29, 0.717) is 0 Å². The summed E-state index contributed by atoms with van der Waals surface area (Å²) in [6, 6.07) is 0. The zero-order valence-corrected chi connectivity index (χ0v) is 13.5. The molecule has 0 bridgehead atoms. The van der Waals surface area contributed by atoms with Crippen molar-refractivity contribution in [3.05, 3.63) is 0 Å². The van der Waals surface area contributed by atoms with E-state index in [9.17, 15) is 0 Å². The van der Waals surface area contributed by atoms with Gasteiger partial charge in [0.2, 0.25) is 0 Å². The van der Waals surface area contributed by atoms with Gasteiger partial charge in [-0.25, -0.2) is 0 Å². The molecule has 0 aromatic carbocycles. The third-order valence-corrected chi connectivity index (χ3v) is 7.14. The summed E-state index contributed by atoms with van der Waals surface area (Å²) in [5, 5.41) is 0. The van der Waals surface area contributed by atoms with Crippen molar-refractivity contribution in [3.8, 4) is 0 Å². The summed E-state index contributed by atoms with van der Waals surface area (Å²) < 4.78 is 5.11. The molecule has 2 saturated carbocycles. The van der Waals surface area contributed by atoms with E-state index >= 15 is 0 Å². The second-order valence-electron chi connectivity index (χ2n) is 4.87. The molecule has 0 heterocycles. The lowest BCUT2D eigenvalue weighted by molar-refractivity contribution is 0.347. The normalized spacial score (nSPS) is 24.4. The Kier molecular flexibility index (Phi) is 7.66. The Balaban J connectivity index is 0.000000195. The fourth-order valence-corrected chi connectivity index (χ4v) is 4.69. The van der Waals surface area contributed by atoms with E-state index in [2.05, 4.69) is 13.1 Å². The lowest BCUT2D eigenvalue weighted by Gasteiger charge is -2.16. The first-order valence-electron chi connectivity index (χ1n) is 6.96. The summed E-state index contributed by atoms with van der Waals surface area (Å²) >= 11 is 0. The van der Waals surface area contributed by atoms with Crippen LogP contribution in [0.15, 0.2) is 0 Å². The van der Waals surface area contributed by atoms with Gasteiger partial charge in [-0.2, -0.15) is 0 Å². The molecule has 2 fully saturated rings. The molecule has 2 rings (SSSR count). The van der Waals surface area contributed by atoms with Crippen molar-refractivity contribution in [1.29, 1.82) is 0 Å². The van der Waals surface area contributed by atoms with Crippen LogP contribution in [0, 0.1) is 11.8 Å². The van der Waals surface area contributed by atoms with Crippen molar-refractivity contribution < 1.29 is 4.12 Å². The Morgan fingerprint density at radius 1 is 0.733 bits per heavy atom. The van der Waals surface area contributed by atoms with Crippen LogP contribution in [0.4, 0.5) is 0 Å².